The standard InChI is InChI=1S/C16H21N3OS/c1-21(20)16-18-17-12-19(16)11-13-7-9-15(10-8-13)14-5-3-2-4-6-14/h7-10,12,14H,2-6,11H2,1H3. The first-order valence-corrected chi connectivity index (χ1v) is 9.10. The molecule has 0 amide bonds. The van der Waals surface area contributed by atoms with E-state index in [2.05, 4.69) is 34.5 Å². The fourth-order valence-corrected chi connectivity index (χ4v) is 3.71. The second-order valence-electron chi connectivity index (χ2n) is 5.77. The van der Waals surface area contributed by atoms with Crippen LogP contribution in [0.5, 0.6) is 0 Å². The first-order chi connectivity index (χ1) is 10.2. The van der Waals surface area contributed by atoms with Crippen molar-refractivity contribution in [2.24, 2.45) is 0 Å². The highest BCUT2D eigenvalue weighted by Gasteiger charge is 2.15. The van der Waals surface area contributed by atoms with Gasteiger partial charge in [-0.25, -0.2) is 0 Å². The van der Waals surface area contributed by atoms with E-state index in [-0.39, 0.29) is 0 Å². The molecule has 0 bridgehead atoms. The molecule has 0 N–H and O–H groups in total. The van der Waals surface area contributed by atoms with Crippen molar-refractivity contribution in [1.82, 2.24) is 14.8 Å². The summed E-state index contributed by atoms with van der Waals surface area (Å²) in [6.45, 7) is 0.673. The molecule has 1 saturated carbocycles. The largest absolute Gasteiger partial charge is 0.302 e. The maximum atomic E-state index is 11.6. The third-order valence-electron chi connectivity index (χ3n) is 4.25. The van der Waals surface area contributed by atoms with E-state index in [0.29, 0.717) is 11.7 Å². The Labute approximate surface area is 128 Å². The summed E-state index contributed by atoms with van der Waals surface area (Å²) >= 11 is 0. The number of aromatic nitrogens is 3. The van der Waals surface area contributed by atoms with Crippen LogP contribution < -0.4 is 0 Å². The summed E-state index contributed by atoms with van der Waals surface area (Å²) in [6.07, 6.45) is 10.0. The van der Waals surface area contributed by atoms with Crippen molar-refractivity contribution < 1.29 is 4.21 Å². The molecule has 5 heteroatoms. The van der Waals surface area contributed by atoms with Crippen LogP contribution in [-0.4, -0.2) is 25.2 Å². The molecule has 0 spiro atoms. The summed E-state index contributed by atoms with van der Waals surface area (Å²) in [6, 6.07) is 8.84. The molecule has 1 aliphatic carbocycles. The molecular formula is C16H21N3OS. The molecule has 1 aromatic carbocycles. The van der Waals surface area contributed by atoms with Gasteiger partial charge < -0.3 is 4.57 Å². The maximum absolute atomic E-state index is 11.6. The Morgan fingerprint density at radius 3 is 2.57 bits per heavy atom. The number of benzene rings is 1. The van der Waals surface area contributed by atoms with Crippen LogP contribution in [0.15, 0.2) is 35.7 Å². The monoisotopic (exact) mass is 303 g/mol. The molecule has 0 saturated heterocycles. The molecule has 0 aliphatic heterocycles. The molecule has 1 aromatic heterocycles. The Bertz CT molecular complexity index is 615. The zero-order valence-corrected chi connectivity index (χ0v) is 13.2. The summed E-state index contributed by atoms with van der Waals surface area (Å²) in [5.41, 5.74) is 2.66. The van der Waals surface area contributed by atoms with Gasteiger partial charge in [0.15, 0.2) is 0 Å². The van der Waals surface area contributed by atoms with Crippen LogP contribution in [0.1, 0.15) is 49.1 Å². The average molecular weight is 303 g/mol. The SMILES string of the molecule is CS(=O)c1nncn1Cc1ccc(C2CCCCC2)cc1. The van der Waals surface area contributed by atoms with E-state index in [1.807, 2.05) is 4.57 Å². The fraction of sp³-hybridized carbons (Fsp3) is 0.500. The van der Waals surface area contributed by atoms with Gasteiger partial charge in [0.05, 0.1) is 17.3 Å². The minimum atomic E-state index is -1.10. The highest BCUT2D eigenvalue weighted by atomic mass is 32.2. The second-order valence-corrected chi connectivity index (χ2v) is 7.05. The molecule has 1 heterocycles. The van der Waals surface area contributed by atoms with Gasteiger partial charge >= 0.3 is 0 Å². The van der Waals surface area contributed by atoms with Crippen molar-refractivity contribution in [3.63, 3.8) is 0 Å². The van der Waals surface area contributed by atoms with Crippen molar-refractivity contribution in [3.8, 4) is 0 Å². The van der Waals surface area contributed by atoms with Gasteiger partial charge in [0.25, 0.3) is 0 Å². The van der Waals surface area contributed by atoms with Gasteiger partial charge in [0.1, 0.15) is 6.33 Å². The zero-order chi connectivity index (χ0) is 14.7. The summed E-state index contributed by atoms with van der Waals surface area (Å²) in [7, 11) is -1.10. The van der Waals surface area contributed by atoms with E-state index in [9.17, 15) is 4.21 Å². The lowest BCUT2D eigenvalue weighted by Crippen LogP contribution is -2.07. The highest BCUT2D eigenvalue weighted by molar-refractivity contribution is 7.84. The van der Waals surface area contributed by atoms with E-state index < -0.39 is 10.8 Å². The summed E-state index contributed by atoms with van der Waals surface area (Å²) in [5.74, 6) is 0.737. The summed E-state index contributed by atoms with van der Waals surface area (Å²) in [5, 5.41) is 8.30. The Morgan fingerprint density at radius 1 is 1.19 bits per heavy atom. The van der Waals surface area contributed by atoms with Crippen molar-refractivity contribution in [2.45, 2.75) is 49.7 Å². The maximum Gasteiger partial charge on any atom is 0.221 e. The third kappa shape index (κ3) is 3.40. The predicted molar refractivity (Wildman–Crippen MR) is 83.7 cm³/mol. The molecule has 21 heavy (non-hydrogen) atoms. The van der Waals surface area contributed by atoms with Gasteiger partial charge in [-0.05, 0) is 29.9 Å². The number of nitrogens with zero attached hydrogens (tertiary/aromatic N) is 3. The van der Waals surface area contributed by atoms with E-state index in [1.54, 1.807) is 12.6 Å². The normalized spacial score (nSPS) is 17.8. The highest BCUT2D eigenvalue weighted by Crippen LogP contribution is 2.32. The lowest BCUT2D eigenvalue weighted by Gasteiger charge is -2.22. The van der Waals surface area contributed by atoms with Crippen molar-refractivity contribution in [1.29, 1.82) is 0 Å². The van der Waals surface area contributed by atoms with Gasteiger partial charge in [0.2, 0.25) is 5.16 Å². The van der Waals surface area contributed by atoms with Crippen LogP contribution in [0.25, 0.3) is 0 Å². The van der Waals surface area contributed by atoms with E-state index >= 15 is 0 Å². The average Bonchev–Trinajstić information content (AvgIpc) is 2.97. The molecule has 2 aromatic rings. The van der Waals surface area contributed by atoms with Gasteiger partial charge in [-0.3, -0.25) is 4.21 Å². The molecule has 3 rings (SSSR count). The quantitative estimate of drug-likeness (QED) is 0.872. The Hall–Kier alpha value is -1.49. The lowest BCUT2D eigenvalue weighted by atomic mass is 9.84. The molecule has 1 fully saturated rings. The molecule has 0 radical (unpaired) electrons. The van der Waals surface area contributed by atoms with E-state index in [1.165, 1.54) is 43.2 Å². The van der Waals surface area contributed by atoms with Crippen molar-refractivity contribution in [2.75, 3.05) is 6.26 Å². The smallest absolute Gasteiger partial charge is 0.221 e. The van der Waals surface area contributed by atoms with Crippen LogP contribution in [-0.2, 0) is 17.3 Å². The van der Waals surface area contributed by atoms with Crippen molar-refractivity contribution in [3.05, 3.63) is 41.7 Å². The zero-order valence-electron chi connectivity index (χ0n) is 12.4. The summed E-state index contributed by atoms with van der Waals surface area (Å²) in [4.78, 5) is 0. The van der Waals surface area contributed by atoms with Crippen LogP contribution >= 0.6 is 0 Å². The molecule has 1 aliphatic rings. The molecule has 112 valence electrons. The van der Waals surface area contributed by atoms with Crippen LogP contribution in [0, 0.1) is 0 Å². The van der Waals surface area contributed by atoms with Gasteiger partial charge in [-0.1, -0.05) is 43.5 Å². The molecule has 1 unspecified atom stereocenters. The summed E-state index contributed by atoms with van der Waals surface area (Å²) < 4.78 is 13.4. The minimum Gasteiger partial charge on any atom is -0.302 e. The van der Waals surface area contributed by atoms with Gasteiger partial charge in [-0.15, -0.1) is 10.2 Å². The first-order valence-electron chi connectivity index (χ1n) is 7.54. The molecule has 1 atom stereocenters. The fourth-order valence-electron chi connectivity index (χ4n) is 3.10. The van der Waals surface area contributed by atoms with Gasteiger partial charge in [0, 0.05) is 6.26 Å². The predicted octanol–water partition coefficient (Wildman–Crippen LogP) is 3.11. The number of hydrogen-bond acceptors (Lipinski definition) is 3. The number of hydrogen-bond donors (Lipinski definition) is 0. The van der Waals surface area contributed by atoms with Crippen LogP contribution in [0.3, 0.4) is 0 Å². The molecule has 4 nitrogen and oxygen atoms in total. The minimum absolute atomic E-state index is 0.534. The topological polar surface area (TPSA) is 47.8 Å². The van der Waals surface area contributed by atoms with E-state index in [4.69, 9.17) is 0 Å². The van der Waals surface area contributed by atoms with Crippen molar-refractivity contribution >= 4 is 10.8 Å². The van der Waals surface area contributed by atoms with E-state index in [0.717, 1.165) is 5.92 Å². The first kappa shape index (κ1) is 14.4. The molecular weight excluding hydrogens is 282 g/mol. The van der Waals surface area contributed by atoms with Gasteiger partial charge in [-0.2, -0.15) is 0 Å². The lowest BCUT2D eigenvalue weighted by molar-refractivity contribution is 0.443. The third-order valence-corrected chi connectivity index (χ3v) is 5.08. The van der Waals surface area contributed by atoms with Crippen LogP contribution in [0.2, 0.25) is 0 Å². The number of rotatable bonds is 4. The van der Waals surface area contributed by atoms with Crippen LogP contribution in [0.4, 0.5) is 0 Å². The Morgan fingerprint density at radius 2 is 1.90 bits per heavy atom. The second kappa shape index (κ2) is 6.52. The Kier molecular flexibility index (Phi) is 4.48. The Balaban J connectivity index is 1.72.